The van der Waals surface area contributed by atoms with Crippen molar-refractivity contribution in [2.24, 2.45) is 0 Å². The van der Waals surface area contributed by atoms with Gasteiger partial charge in [0.25, 0.3) is 0 Å². The molecule has 0 radical (unpaired) electrons. The number of anilines is 1. The molecular weight excluding hydrogens is 231 g/mol. The van der Waals surface area contributed by atoms with Crippen LogP contribution in [0.4, 0.5) is 10.1 Å². The predicted octanol–water partition coefficient (Wildman–Crippen LogP) is 1.21. The normalized spacial score (nSPS) is 21.0. The number of halogens is 1. The van der Waals surface area contributed by atoms with Crippen molar-refractivity contribution in [3.63, 3.8) is 0 Å². The summed E-state index contributed by atoms with van der Waals surface area (Å²) >= 11 is 0. The maximum atomic E-state index is 13.0. The first-order chi connectivity index (χ1) is 7.51. The second kappa shape index (κ2) is 4.03. The van der Waals surface area contributed by atoms with Crippen LogP contribution < -0.4 is 4.31 Å². The van der Waals surface area contributed by atoms with Crippen molar-refractivity contribution in [2.45, 2.75) is 6.42 Å². The first kappa shape index (κ1) is 11.3. The van der Waals surface area contributed by atoms with Crippen molar-refractivity contribution in [2.75, 3.05) is 24.4 Å². The molecule has 1 aromatic carbocycles. The van der Waals surface area contributed by atoms with E-state index in [9.17, 15) is 12.8 Å². The molecule has 0 bridgehead atoms. The molecule has 16 heavy (non-hydrogen) atoms. The predicted molar refractivity (Wildman–Crippen MR) is 59.9 cm³/mol. The van der Waals surface area contributed by atoms with Crippen molar-refractivity contribution in [1.82, 2.24) is 4.31 Å². The highest BCUT2D eigenvalue weighted by Gasteiger charge is 2.30. The molecule has 1 aliphatic heterocycles. The van der Waals surface area contributed by atoms with Crippen LogP contribution in [-0.2, 0) is 10.2 Å². The summed E-state index contributed by atoms with van der Waals surface area (Å²) in [6.07, 6.45) is 0.742. The van der Waals surface area contributed by atoms with Gasteiger partial charge in [-0.15, -0.1) is 0 Å². The lowest BCUT2D eigenvalue weighted by molar-refractivity contribution is 0.438. The van der Waals surface area contributed by atoms with E-state index in [0.717, 1.165) is 6.42 Å². The van der Waals surface area contributed by atoms with E-state index in [1.54, 1.807) is 6.07 Å². The molecule has 1 aliphatic rings. The summed E-state index contributed by atoms with van der Waals surface area (Å²) in [5.74, 6) is -0.430. The average molecular weight is 244 g/mol. The van der Waals surface area contributed by atoms with E-state index in [2.05, 4.69) is 0 Å². The zero-order valence-corrected chi connectivity index (χ0v) is 9.74. The average Bonchev–Trinajstić information content (AvgIpc) is 2.22. The second-order valence-corrected chi connectivity index (χ2v) is 5.69. The van der Waals surface area contributed by atoms with Gasteiger partial charge in [0, 0.05) is 20.1 Å². The Hall–Kier alpha value is -1.14. The molecule has 88 valence electrons. The van der Waals surface area contributed by atoms with Crippen LogP contribution in [0.1, 0.15) is 6.42 Å². The third kappa shape index (κ3) is 1.90. The Balaban J connectivity index is 2.40. The van der Waals surface area contributed by atoms with Crippen LogP contribution in [-0.4, -0.2) is 32.9 Å². The molecule has 0 aliphatic carbocycles. The van der Waals surface area contributed by atoms with Crippen LogP contribution in [0.2, 0.25) is 0 Å². The molecule has 0 spiro atoms. The Morgan fingerprint density at radius 3 is 2.75 bits per heavy atom. The molecule has 0 N–H and O–H groups in total. The summed E-state index contributed by atoms with van der Waals surface area (Å²) in [6.45, 7) is 0.907. The molecule has 0 amide bonds. The van der Waals surface area contributed by atoms with Gasteiger partial charge < -0.3 is 0 Å². The summed E-state index contributed by atoms with van der Waals surface area (Å²) < 4.78 is 39.5. The van der Waals surface area contributed by atoms with E-state index in [0.29, 0.717) is 18.8 Å². The Bertz CT molecular complexity index is 489. The summed E-state index contributed by atoms with van der Waals surface area (Å²) in [6, 6.07) is 5.63. The minimum atomic E-state index is -3.47. The maximum Gasteiger partial charge on any atom is 0.303 e. The lowest BCUT2D eigenvalue weighted by atomic mass is 10.3. The first-order valence-electron chi connectivity index (χ1n) is 5.01. The molecule has 2 rings (SSSR count). The smallest absolute Gasteiger partial charge is 0.258 e. The largest absolute Gasteiger partial charge is 0.303 e. The van der Waals surface area contributed by atoms with Gasteiger partial charge in [0.2, 0.25) is 0 Å². The van der Waals surface area contributed by atoms with Gasteiger partial charge >= 0.3 is 10.2 Å². The molecule has 1 fully saturated rings. The highest BCUT2D eigenvalue weighted by atomic mass is 32.2. The van der Waals surface area contributed by atoms with Crippen LogP contribution in [0, 0.1) is 5.82 Å². The molecular formula is C10H13FN2O2S. The summed E-state index contributed by atoms with van der Waals surface area (Å²) in [5, 5.41) is 0. The molecule has 1 heterocycles. The van der Waals surface area contributed by atoms with Crippen molar-refractivity contribution in [3.05, 3.63) is 30.1 Å². The molecule has 0 saturated carbocycles. The van der Waals surface area contributed by atoms with Gasteiger partial charge in [-0.05, 0) is 24.6 Å². The fraction of sp³-hybridized carbons (Fsp3) is 0.400. The standard InChI is InChI=1S/C10H13FN2O2S/c1-12-6-3-7-13(16(12,14)15)10-5-2-4-9(11)8-10/h2,4-5,8H,3,6-7H2,1H3. The van der Waals surface area contributed by atoms with Gasteiger partial charge in [0.1, 0.15) is 5.82 Å². The van der Waals surface area contributed by atoms with Crippen molar-refractivity contribution in [3.8, 4) is 0 Å². The van der Waals surface area contributed by atoms with Crippen molar-refractivity contribution in [1.29, 1.82) is 0 Å². The minimum absolute atomic E-state index is 0.381. The molecule has 1 saturated heterocycles. The third-order valence-electron chi connectivity index (χ3n) is 2.60. The second-order valence-electron chi connectivity index (χ2n) is 3.73. The van der Waals surface area contributed by atoms with Crippen LogP contribution >= 0.6 is 0 Å². The molecule has 0 unspecified atom stereocenters. The van der Waals surface area contributed by atoms with E-state index in [1.807, 2.05) is 0 Å². The van der Waals surface area contributed by atoms with Crippen molar-refractivity contribution >= 4 is 15.9 Å². The number of nitrogens with zero attached hydrogens (tertiary/aromatic N) is 2. The van der Waals surface area contributed by atoms with Crippen LogP contribution in [0.5, 0.6) is 0 Å². The molecule has 4 nitrogen and oxygen atoms in total. The Morgan fingerprint density at radius 2 is 2.06 bits per heavy atom. The van der Waals surface area contributed by atoms with Crippen LogP contribution in [0.3, 0.4) is 0 Å². The van der Waals surface area contributed by atoms with E-state index >= 15 is 0 Å². The van der Waals surface area contributed by atoms with E-state index in [-0.39, 0.29) is 0 Å². The Morgan fingerprint density at radius 1 is 1.31 bits per heavy atom. The van der Waals surface area contributed by atoms with E-state index in [1.165, 1.54) is 33.9 Å². The van der Waals surface area contributed by atoms with Gasteiger partial charge in [-0.3, -0.25) is 4.31 Å². The molecule has 1 aromatic rings. The fourth-order valence-electron chi connectivity index (χ4n) is 1.73. The monoisotopic (exact) mass is 244 g/mol. The quantitative estimate of drug-likeness (QED) is 0.745. The highest BCUT2D eigenvalue weighted by Crippen LogP contribution is 2.23. The Kier molecular flexibility index (Phi) is 2.86. The van der Waals surface area contributed by atoms with Crippen LogP contribution in [0.15, 0.2) is 24.3 Å². The lowest BCUT2D eigenvalue weighted by Gasteiger charge is -2.33. The first-order valence-corrected chi connectivity index (χ1v) is 6.41. The molecule has 0 atom stereocenters. The Labute approximate surface area is 94.5 Å². The van der Waals surface area contributed by atoms with Crippen LogP contribution in [0.25, 0.3) is 0 Å². The topological polar surface area (TPSA) is 40.6 Å². The minimum Gasteiger partial charge on any atom is -0.258 e. The van der Waals surface area contributed by atoms with Gasteiger partial charge in [-0.25, -0.2) is 4.39 Å². The lowest BCUT2D eigenvalue weighted by Crippen LogP contribution is -2.47. The third-order valence-corrected chi connectivity index (χ3v) is 4.52. The fourth-order valence-corrected chi connectivity index (χ4v) is 3.17. The van der Waals surface area contributed by atoms with E-state index in [4.69, 9.17) is 0 Å². The zero-order valence-electron chi connectivity index (χ0n) is 8.93. The van der Waals surface area contributed by atoms with Gasteiger partial charge in [0.15, 0.2) is 0 Å². The summed E-state index contributed by atoms with van der Waals surface area (Å²) in [4.78, 5) is 0. The zero-order chi connectivity index (χ0) is 11.8. The number of rotatable bonds is 1. The highest BCUT2D eigenvalue weighted by molar-refractivity contribution is 7.90. The number of hydrogen-bond acceptors (Lipinski definition) is 2. The van der Waals surface area contributed by atoms with Gasteiger partial charge in [-0.2, -0.15) is 12.7 Å². The summed E-state index contributed by atoms with van der Waals surface area (Å²) in [5.41, 5.74) is 0.381. The molecule has 0 aromatic heterocycles. The number of hydrogen-bond donors (Lipinski definition) is 0. The van der Waals surface area contributed by atoms with Gasteiger partial charge in [0.05, 0.1) is 5.69 Å². The van der Waals surface area contributed by atoms with Crippen molar-refractivity contribution < 1.29 is 12.8 Å². The molecule has 6 heteroatoms. The maximum absolute atomic E-state index is 13.0. The van der Waals surface area contributed by atoms with E-state index < -0.39 is 16.0 Å². The van der Waals surface area contributed by atoms with Gasteiger partial charge in [-0.1, -0.05) is 6.07 Å². The summed E-state index contributed by atoms with van der Waals surface area (Å²) in [7, 11) is -1.94. The number of benzene rings is 1. The SMILES string of the molecule is CN1CCCN(c2cccc(F)c2)S1(=O)=O.